The molecule has 0 saturated carbocycles. The van der Waals surface area contributed by atoms with Crippen molar-refractivity contribution in [1.29, 1.82) is 0 Å². The Balaban J connectivity index is 2.49. The van der Waals surface area contributed by atoms with Crippen LogP contribution in [0.5, 0.6) is 0 Å². The van der Waals surface area contributed by atoms with Gasteiger partial charge in [0.25, 0.3) is 0 Å². The molecule has 0 heterocycles. The van der Waals surface area contributed by atoms with Gasteiger partial charge in [0.15, 0.2) is 0 Å². The monoisotopic (exact) mass is 314 g/mol. The zero-order chi connectivity index (χ0) is 14.2. The van der Waals surface area contributed by atoms with E-state index in [1.165, 1.54) is 0 Å². The minimum Gasteiger partial charge on any atom is -0.384 e. The van der Waals surface area contributed by atoms with Gasteiger partial charge in [0, 0.05) is 20.6 Å². The van der Waals surface area contributed by atoms with E-state index in [4.69, 9.17) is 34.8 Å². The van der Waals surface area contributed by atoms with Gasteiger partial charge in [0.05, 0.1) is 0 Å². The lowest BCUT2D eigenvalue weighted by atomic mass is 9.98. The Morgan fingerprint density at radius 1 is 0.842 bits per heavy atom. The summed E-state index contributed by atoms with van der Waals surface area (Å²) in [6.07, 6.45) is -0.844. The lowest BCUT2D eigenvalue weighted by molar-refractivity contribution is 0.220. The number of aliphatic hydroxyl groups is 1. The first kappa shape index (κ1) is 14.7. The summed E-state index contributed by atoms with van der Waals surface area (Å²) in [6.45, 7) is 3.96. The van der Waals surface area contributed by atoms with Gasteiger partial charge in [0.1, 0.15) is 6.10 Å². The van der Waals surface area contributed by atoms with Crippen LogP contribution >= 0.6 is 34.8 Å². The van der Waals surface area contributed by atoms with E-state index >= 15 is 0 Å². The minimum atomic E-state index is -0.844. The van der Waals surface area contributed by atoms with Gasteiger partial charge in [-0.1, -0.05) is 40.9 Å². The van der Waals surface area contributed by atoms with Crippen LogP contribution < -0.4 is 0 Å². The summed E-state index contributed by atoms with van der Waals surface area (Å²) in [4.78, 5) is 0. The Bertz CT molecular complexity index is 603. The summed E-state index contributed by atoms with van der Waals surface area (Å²) < 4.78 is 0. The van der Waals surface area contributed by atoms with Crippen LogP contribution in [-0.2, 0) is 0 Å². The van der Waals surface area contributed by atoms with Crippen LogP contribution in [0.4, 0.5) is 0 Å². The molecule has 0 bridgehead atoms. The highest BCUT2D eigenvalue weighted by Gasteiger charge is 2.16. The minimum absolute atomic E-state index is 0.488. The molecule has 4 heteroatoms. The van der Waals surface area contributed by atoms with E-state index in [0.717, 1.165) is 11.1 Å². The third-order valence-electron chi connectivity index (χ3n) is 3.11. The Morgan fingerprint density at radius 3 is 1.95 bits per heavy atom. The predicted molar refractivity (Wildman–Crippen MR) is 81.4 cm³/mol. The van der Waals surface area contributed by atoms with Gasteiger partial charge in [-0.25, -0.2) is 0 Å². The Kier molecular flexibility index (Phi) is 4.42. The van der Waals surface area contributed by atoms with Crippen LogP contribution in [0.2, 0.25) is 15.1 Å². The van der Waals surface area contributed by atoms with Gasteiger partial charge < -0.3 is 5.11 Å². The van der Waals surface area contributed by atoms with Gasteiger partial charge >= 0.3 is 0 Å². The van der Waals surface area contributed by atoms with E-state index in [1.54, 1.807) is 18.2 Å². The topological polar surface area (TPSA) is 20.2 Å². The molecular weight excluding hydrogens is 303 g/mol. The van der Waals surface area contributed by atoms with Gasteiger partial charge in [0.2, 0.25) is 0 Å². The molecule has 0 saturated heterocycles. The fraction of sp³-hybridized carbons (Fsp3) is 0.200. The molecular formula is C15H13Cl3O. The van der Waals surface area contributed by atoms with Gasteiger partial charge in [-0.2, -0.15) is 0 Å². The van der Waals surface area contributed by atoms with E-state index < -0.39 is 6.10 Å². The van der Waals surface area contributed by atoms with E-state index in [1.807, 2.05) is 26.0 Å². The average Bonchev–Trinajstić information content (AvgIpc) is 2.31. The molecule has 1 nitrogen and oxygen atoms in total. The summed E-state index contributed by atoms with van der Waals surface area (Å²) in [6, 6.07) is 8.73. The second-order valence-electron chi connectivity index (χ2n) is 4.56. The Hall–Kier alpha value is -0.730. The lowest BCUT2D eigenvalue weighted by Gasteiger charge is -2.16. The largest absolute Gasteiger partial charge is 0.384 e. The lowest BCUT2D eigenvalue weighted by Crippen LogP contribution is -2.02. The van der Waals surface area contributed by atoms with E-state index in [-0.39, 0.29) is 0 Å². The molecule has 0 fully saturated rings. The Morgan fingerprint density at radius 2 is 1.37 bits per heavy atom. The highest BCUT2D eigenvalue weighted by Crippen LogP contribution is 2.33. The van der Waals surface area contributed by atoms with Gasteiger partial charge in [-0.05, 0) is 54.8 Å². The highest BCUT2D eigenvalue weighted by molar-refractivity contribution is 6.34. The number of aliphatic hydroxyl groups excluding tert-OH is 1. The van der Waals surface area contributed by atoms with Crippen molar-refractivity contribution in [2.75, 3.05) is 0 Å². The van der Waals surface area contributed by atoms with Crippen LogP contribution in [0, 0.1) is 13.8 Å². The second-order valence-corrected chi connectivity index (χ2v) is 5.84. The Labute approximate surface area is 127 Å². The fourth-order valence-electron chi connectivity index (χ4n) is 1.93. The third kappa shape index (κ3) is 3.24. The molecule has 1 unspecified atom stereocenters. The maximum Gasteiger partial charge on any atom is 0.106 e. The van der Waals surface area contributed by atoms with Crippen molar-refractivity contribution in [2.24, 2.45) is 0 Å². The predicted octanol–water partition coefficient (Wildman–Crippen LogP) is 5.35. The SMILES string of the molecule is Cc1cc(Cl)c(C(O)c2cc(Cl)cc(Cl)c2)cc1C. The molecule has 0 aliphatic heterocycles. The number of benzene rings is 2. The highest BCUT2D eigenvalue weighted by atomic mass is 35.5. The standard InChI is InChI=1S/C15H13Cl3O/c1-8-3-13(14(18)4-9(8)2)15(19)10-5-11(16)7-12(17)6-10/h3-7,15,19H,1-2H3. The number of hydrogen-bond acceptors (Lipinski definition) is 1. The van der Waals surface area contributed by atoms with E-state index in [9.17, 15) is 5.11 Å². The molecule has 2 rings (SSSR count). The summed E-state index contributed by atoms with van der Waals surface area (Å²) in [5, 5.41) is 11.9. The first-order valence-corrected chi connectivity index (χ1v) is 6.92. The van der Waals surface area contributed by atoms with E-state index in [0.29, 0.717) is 26.2 Å². The fourth-order valence-corrected chi connectivity index (χ4v) is 2.79. The van der Waals surface area contributed by atoms with Crippen molar-refractivity contribution >= 4 is 34.8 Å². The van der Waals surface area contributed by atoms with Crippen molar-refractivity contribution < 1.29 is 5.11 Å². The van der Waals surface area contributed by atoms with Crippen molar-refractivity contribution in [2.45, 2.75) is 20.0 Å². The second kappa shape index (κ2) is 5.72. The summed E-state index contributed by atoms with van der Waals surface area (Å²) in [7, 11) is 0. The number of rotatable bonds is 2. The molecule has 0 aliphatic rings. The molecule has 1 N–H and O–H groups in total. The molecule has 0 radical (unpaired) electrons. The number of aryl methyl sites for hydroxylation is 2. The maximum absolute atomic E-state index is 10.4. The van der Waals surface area contributed by atoms with Gasteiger partial charge in [-0.15, -0.1) is 0 Å². The third-order valence-corrected chi connectivity index (χ3v) is 3.87. The maximum atomic E-state index is 10.4. The van der Waals surface area contributed by atoms with Crippen molar-refractivity contribution in [3.8, 4) is 0 Å². The average molecular weight is 316 g/mol. The normalized spacial score (nSPS) is 12.5. The zero-order valence-corrected chi connectivity index (χ0v) is 12.8. The molecule has 0 aliphatic carbocycles. The summed E-state index contributed by atoms with van der Waals surface area (Å²) >= 11 is 18.1. The molecule has 0 spiro atoms. The molecule has 0 aromatic heterocycles. The van der Waals surface area contributed by atoms with E-state index in [2.05, 4.69) is 0 Å². The molecule has 2 aromatic carbocycles. The summed E-state index contributed by atoms with van der Waals surface area (Å²) in [5.41, 5.74) is 3.45. The van der Waals surface area contributed by atoms with Crippen molar-refractivity contribution in [3.63, 3.8) is 0 Å². The number of halogens is 3. The van der Waals surface area contributed by atoms with Gasteiger partial charge in [-0.3, -0.25) is 0 Å². The van der Waals surface area contributed by atoms with Crippen LogP contribution in [-0.4, -0.2) is 5.11 Å². The summed E-state index contributed by atoms with van der Waals surface area (Å²) in [5.74, 6) is 0. The molecule has 100 valence electrons. The van der Waals surface area contributed by atoms with Crippen LogP contribution in [0.3, 0.4) is 0 Å². The van der Waals surface area contributed by atoms with Crippen molar-refractivity contribution in [3.05, 3.63) is 67.7 Å². The molecule has 0 amide bonds. The molecule has 19 heavy (non-hydrogen) atoms. The smallest absolute Gasteiger partial charge is 0.106 e. The zero-order valence-electron chi connectivity index (χ0n) is 10.5. The first-order chi connectivity index (χ1) is 8.88. The van der Waals surface area contributed by atoms with Crippen LogP contribution in [0.25, 0.3) is 0 Å². The number of hydrogen-bond donors (Lipinski definition) is 1. The quantitative estimate of drug-likeness (QED) is 0.792. The van der Waals surface area contributed by atoms with Crippen LogP contribution in [0.1, 0.15) is 28.4 Å². The molecule has 2 aromatic rings. The molecule has 1 atom stereocenters. The first-order valence-electron chi connectivity index (χ1n) is 5.79. The van der Waals surface area contributed by atoms with Crippen LogP contribution in [0.15, 0.2) is 30.3 Å². The van der Waals surface area contributed by atoms with Crippen molar-refractivity contribution in [1.82, 2.24) is 0 Å².